The largest absolute Gasteiger partial charge is 0.379 e. The number of nitrogens with zero attached hydrogens (tertiary/aromatic N) is 5. The summed E-state index contributed by atoms with van der Waals surface area (Å²) in [7, 11) is 0. The third-order valence-corrected chi connectivity index (χ3v) is 5.24. The molecule has 0 unspecified atom stereocenters. The molecule has 6 nitrogen and oxygen atoms in total. The normalized spacial score (nSPS) is 26.7. The third kappa shape index (κ3) is 2.42. The number of aliphatic imine (C=N–C) groups is 1. The number of aromatic nitrogens is 3. The van der Waals surface area contributed by atoms with Crippen LogP contribution < -0.4 is 10.6 Å². The minimum Gasteiger partial charge on any atom is -0.379 e. The molecule has 8 heteroatoms. The molecule has 2 aromatic rings. The Hall–Kier alpha value is -2.22. The number of fused-ring (bicyclic) bond motifs is 1. The van der Waals surface area contributed by atoms with Crippen molar-refractivity contribution in [3.63, 3.8) is 0 Å². The first-order valence-corrected chi connectivity index (χ1v) is 8.28. The molecular weight excluding hydrogens is 315 g/mol. The monoisotopic (exact) mass is 330 g/mol. The number of thioether (sulfide) groups is 1. The van der Waals surface area contributed by atoms with Crippen LogP contribution in [0.15, 0.2) is 41.8 Å². The van der Waals surface area contributed by atoms with E-state index in [1.807, 2.05) is 23.1 Å². The quantitative estimate of drug-likeness (QED) is 0.897. The van der Waals surface area contributed by atoms with Crippen LogP contribution in [0.2, 0.25) is 0 Å². The third-order valence-electron chi connectivity index (χ3n) is 4.29. The first-order chi connectivity index (χ1) is 11.2. The Morgan fingerprint density at radius 3 is 2.83 bits per heavy atom. The van der Waals surface area contributed by atoms with E-state index in [9.17, 15) is 4.39 Å². The number of rotatable bonds is 2. The van der Waals surface area contributed by atoms with E-state index < -0.39 is 11.4 Å². The summed E-state index contributed by atoms with van der Waals surface area (Å²) in [6.07, 6.45) is 4.14. The van der Waals surface area contributed by atoms with Gasteiger partial charge in [-0.1, -0.05) is 17.8 Å². The lowest BCUT2D eigenvalue weighted by molar-refractivity contribution is 0.377. The number of amidine groups is 1. The maximum Gasteiger partial charge on any atom is 0.225 e. The standard InChI is InChI=1S/C15H15FN6S/c16-11-5-19-14(20-6-11)22-7-10-8-23-13(17)21-15(10,9-22)12-3-1-2-4-18-12/h1-6,10H,7-9H2,(H2,17,21)/t10-,15-/m0/s1. The number of anilines is 1. The van der Waals surface area contributed by atoms with E-state index in [0.29, 0.717) is 17.7 Å². The zero-order chi connectivity index (χ0) is 15.9. The molecule has 0 aliphatic carbocycles. The molecule has 2 atom stereocenters. The lowest BCUT2D eigenvalue weighted by Crippen LogP contribution is -2.40. The first-order valence-electron chi connectivity index (χ1n) is 7.29. The van der Waals surface area contributed by atoms with E-state index >= 15 is 0 Å². The van der Waals surface area contributed by atoms with Crippen molar-refractivity contribution in [1.82, 2.24) is 15.0 Å². The number of hydrogen-bond acceptors (Lipinski definition) is 7. The van der Waals surface area contributed by atoms with E-state index in [2.05, 4.69) is 15.0 Å². The molecule has 0 aromatic carbocycles. The fourth-order valence-electron chi connectivity index (χ4n) is 3.22. The molecule has 0 spiro atoms. The molecule has 2 aliphatic rings. The van der Waals surface area contributed by atoms with E-state index in [0.717, 1.165) is 18.0 Å². The topological polar surface area (TPSA) is 80.3 Å². The number of pyridine rings is 1. The van der Waals surface area contributed by atoms with Crippen molar-refractivity contribution in [3.8, 4) is 0 Å². The summed E-state index contributed by atoms with van der Waals surface area (Å²) in [5.41, 5.74) is 6.41. The summed E-state index contributed by atoms with van der Waals surface area (Å²) in [4.78, 5) is 19.5. The Balaban J connectivity index is 1.75. The van der Waals surface area contributed by atoms with Gasteiger partial charge in [0.15, 0.2) is 11.0 Å². The summed E-state index contributed by atoms with van der Waals surface area (Å²) in [6.45, 7) is 1.33. The van der Waals surface area contributed by atoms with Gasteiger partial charge in [-0.3, -0.25) is 4.98 Å². The van der Waals surface area contributed by atoms with Crippen LogP contribution in [0.4, 0.5) is 10.3 Å². The van der Waals surface area contributed by atoms with Crippen LogP contribution in [0.1, 0.15) is 5.69 Å². The highest BCUT2D eigenvalue weighted by Crippen LogP contribution is 2.45. The number of hydrogen-bond donors (Lipinski definition) is 1. The lowest BCUT2D eigenvalue weighted by Gasteiger charge is -2.33. The second-order valence-corrected chi connectivity index (χ2v) is 6.72. The molecule has 1 saturated heterocycles. The lowest BCUT2D eigenvalue weighted by atomic mass is 9.85. The Kier molecular flexibility index (Phi) is 3.41. The van der Waals surface area contributed by atoms with Crippen molar-refractivity contribution in [2.24, 2.45) is 16.6 Å². The van der Waals surface area contributed by atoms with E-state index in [1.165, 1.54) is 12.4 Å². The van der Waals surface area contributed by atoms with Gasteiger partial charge in [0.05, 0.1) is 24.6 Å². The molecule has 2 aliphatic heterocycles. The molecule has 4 rings (SSSR count). The van der Waals surface area contributed by atoms with Gasteiger partial charge in [-0.05, 0) is 12.1 Å². The van der Waals surface area contributed by atoms with E-state index in [1.54, 1.807) is 18.0 Å². The molecule has 0 bridgehead atoms. The van der Waals surface area contributed by atoms with Gasteiger partial charge in [-0.25, -0.2) is 19.4 Å². The molecule has 0 amide bonds. The van der Waals surface area contributed by atoms with Crippen molar-refractivity contribution in [2.75, 3.05) is 23.7 Å². The number of nitrogens with two attached hydrogens (primary N) is 1. The Labute approximate surface area is 137 Å². The second kappa shape index (κ2) is 5.45. The van der Waals surface area contributed by atoms with E-state index in [-0.39, 0.29) is 5.92 Å². The zero-order valence-corrected chi connectivity index (χ0v) is 13.1. The van der Waals surface area contributed by atoms with E-state index in [4.69, 9.17) is 10.7 Å². The minimum absolute atomic E-state index is 0.253. The summed E-state index contributed by atoms with van der Waals surface area (Å²) in [6, 6.07) is 5.82. The zero-order valence-electron chi connectivity index (χ0n) is 12.3. The summed E-state index contributed by atoms with van der Waals surface area (Å²) < 4.78 is 13.1. The maximum absolute atomic E-state index is 13.1. The molecule has 2 aromatic heterocycles. The fourth-order valence-corrected chi connectivity index (χ4v) is 4.20. The van der Waals surface area contributed by atoms with Crippen LogP contribution in [0, 0.1) is 11.7 Å². The van der Waals surface area contributed by atoms with Crippen molar-refractivity contribution in [1.29, 1.82) is 0 Å². The van der Waals surface area contributed by atoms with Crippen LogP contribution in [-0.4, -0.2) is 39.0 Å². The SMILES string of the molecule is NC1=N[C@@]2(c3ccccn3)CN(c3ncc(F)cn3)C[C@H]2CS1. The van der Waals surface area contributed by atoms with Gasteiger partial charge in [-0.2, -0.15) is 0 Å². The predicted molar refractivity (Wildman–Crippen MR) is 87.7 cm³/mol. The maximum atomic E-state index is 13.1. The molecular formula is C15H15FN6S. The summed E-state index contributed by atoms with van der Waals surface area (Å²) in [5, 5.41) is 0.578. The van der Waals surface area contributed by atoms with Gasteiger partial charge in [0.25, 0.3) is 0 Å². The smallest absolute Gasteiger partial charge is 0.225 e. The van der Waals surface area contributed by atoms with Crippen molar-refractivity contribution >= 4 is 22.9 Å². The van der Waals surface area contributed by atoms with Crippen molar-refractivity contribution in [2.45, 2.75) is 5.54 Å². The van der Waals surface area contributed by atoms with Gasteiger partial charge in [0.2, 0.25) is 5.95 Å². The highest BCUT2D eigenvalue weighted by Gasteiger charge is 2.51. The van der Waals surface area contributed by atoms with Crippen molar-refractivity contribution < 1.29 is 4.39 Å². The minimum atomic E-state index is -0.492. The highest BCUT2D eigenvalue weighted by atomic mass is 32.2. The Morgan fingerprint density at radius 2 is 2.09 bits per heavy atom. The molecule has 0 radical (unpaired) electrons. The fraction of sp³-hybridized carbons (Fsp3) is 0.333. The molecule has 4 heterocycles. The summed E-state index contributed by atoms with van der Waals surface area (Å²) >= 11 is 1.56. The highest BCUT2D eigenvalue weighted by molar-refractivity contribution is 8.13. The predicted octanol–water partition coefficient (Wildman–Crippen LogP) is 1.40. The van der Waals surface area contributed by atoms with Gasteiger partial charge in [-0.15, -0.1) is 0 Å². The molecule has 118 valence electrons. The average molecular weight is 330 g/mol. The van der Waals surface area contributed by atoms with Crippen LogP contribution in [0.25, 0.3) is 0 Å². The molecule has 23 heavy (non-hydrogen) atoms. The van der Waals surface area contributed by atoms with Crippen LogP contribution in [0.5, 0.6) is 0 Å². The Morgan fingerprint density at radius 1 is 1.26 bits per heavy atom. The van der Waals surface area contributed by atoms with Crippen LogP contribution >= 0.6 is 11.8 Å². The van der Waals surface area contributed by atoms with Gasteiger partial charge < -0.3 is 10.6 Å². The van der Waals surface area contributed by atoms with Gasteiger partial charge in [0, 0.05) is 24.4 Å². The molecule has 0 saturated carbocycles. The van der Waals surface area contributed by atoms with Gasteiger partial charge >= 0.3 is 0 Å². The number of halogens is 1. The molecule has 1 fully saturated rings. The average Bonchev–Trinajstić information content (AvgIpc) is 2.96. The van der Waals surface area contributed by atoms with Gasteiger partial charge in [0.1, 0.15) is 5.54 Å². The van der Waals surface area contributed by atoms with Crippen LogP contribution in [-0.2, 0) is 5.54 Å². The molecule has 2 N–H and O–H groups in total. The second-order valence-electron chi connectivity index (χ2n) is 5.68. The summed E-state index contributed by atoms with van der Waals surface area (Å²) in [5.74, 6) is 1.18. The first kappa shape index (κ1) is 14.4. The Bertz CT molecular complexity index is 737. The van der Waals surface area contributed by atoms with Crippen LogP contribution in [0.3, 0.4) is 0 Å². The van der Waals surface area contributed by atoms with Crippen molar-refractivity contribution in [3.05, 3.63) is 48.3 Å².